The fraction of sp³-hybridized carbons (Fsp3) is 0.208. The van der Waals surface area contributed by atoms with Crippen LogP contribution in [0.4, 0.5) is 0 Å². The number of halogens is 2. The summed E-state index contributed by atoms with van der Waals surface area (Å²) in [6.45, 7) is 3.86. The number of benzene rings is 2. The highest BCUT2D eigenvalue weighted by atomic mass is 35.5. The third-order valence-corrected chi connectivity index (χ3v) is 5.83. The maximum atomic E-state index is 12.9. The van der Waals surface area contributed by atoms with Crippen LogP contribution in [-0.4, -0.2) is 28.5 Å². The quantitative estimate of drug-likeness (QED) is 0.360. The SMILES string of the molecule is COC(=O)c1cc(Cn2c([C@H](C)NC(=O)c3ccc(Cl)cc3Cl)nc3ccccc32)oc1C. The molecule has 0 radical (unpaired) electrons. The zero-order valence-corrected chi connectivity index (χ0v) is 19.7. The molecule has 4 rings (SSSR count). The van der Waals surface area contributed by atoms with E-state index < -0.39 is 12.0 Å². The normalized spacial score (nSPS) is 12.0. The van der Waals surface area contributed by atoms with E-state index >= 15 is 0 Å². The molecule has 0 fully saturated rings. The summed E-state index contributed by atoms with van der Waals surface area (Å²) in [6.07, 6.45) is 0. The van der Waals surface area contributed by atoms with E-state index in [4.69, 9.17) is 37.3 Å². The summed E-state index contributed by atoms with van der Waals surface area (Å²) >= 11 is 12.1. The number of ether oxygens (including phenoxy) is 1. The smallest absolute Gasteiger partial charge is 0.341 e. The standard InChI is InChI=1S/C24H21Cl2N3O4/c1-13(27-23(30)17-9-8-15(25)10-19(17)26)22-28-20-6-4-5-7-21(20)29(22)12-16-11-18(14(2)33-16)24(31)32-3/h4-11,13H,12H2,1-3H3,(H,27,30)/t13-/m0/s1. The summed E-state index contributed by atoms with van der Waals surface area (Å²) in [5.41, 5.74) is 2.33. The molecule has 9 heteroatoms. The van der Waals surface area contributed by atoms with Gasteiger partial charge in [-0.25, -0.2) is 9.78 Å². The molecule has 0 aliphatic carbocycles. The number of carbonyl (C=O) groups excluding carboxylic acids is 2. The Bertz CT molecular complexity index is 1360. The molecular weight excluding hydrogens is 465 g/mol. The second kappa shape index (κ2) is 9.29. The van der Waals surface area contributed by atoms with Crippen molar-refractivity contribution in [2.24, 2.45) is 0 Å². The minimum absolute atomic E-state index is 0.266. The first-order valence-electron chi connectivity index (χ1n) is 10.2. The number of aryl methyl sites for hydroxylation is 1. The van der Waals surface area contributed by atoms with E-state index in [1.165, 1.54) is 13.2 Å². The second-order valence-corrected chi connectivity index (χ2v) is 8.38. The van der Waals surface area contributed by atoms with Crippen LogP contribution >= 0.6 is 23.2 Å². The van der Waals surface area contributed by atoms with Gasteiger partial charge in [-0.2, -0.15) is 0 Å². The lowest BCUT2D eigenvalue weighted by Crippen LogP contribution is -2.29. The summed E-state index contributed by atoms with van der Waals surface area (Å²) in [5, 5.41) is 3.67. The summed E-state index contributed by atoms with van der Waals surface area (Å²) in [5.74, 6) is 0.865. The highest BCUT2D eigenvalue weighted by Crippen LogP contribution is 2.26. The van der Waals surface area contributed by atoms with Crippen molar-refractivity contribution < 1.29 is 18.7 Å². The van der Waals surface area contributed by atoms with Gasteiger partial charge in [0.15, 0.2) is 0 Å². The summed E-state index contributed by atoms with van der Waals surface area (Å²) < 4.78 is 12.6. The van der Waals surface area contributed by atoms with Gasteiger partial charge in [-0.3, -0.25) is 4.79 Å². The Labute approximate surface area is 200 Å². The number of nitrogens with zero attached hydrogens (tertiary/aromatic N) is 2. The van der Waals surface area contributed by atoms with Crippen molar-refractivity contribution in [2.45, 2.75) is 26.4 Å². The number of esters is 1. The maximum Gasteiger partial charge on any atom is 0.341 e. The fourth-order valence-electron chi connectivity index (χ4n) is 3.69. The van der Waals surface area contributed by atoms with Gasteiger partial charge in [0.25, 0.3) is 5.91 Å². The molecule has 2 heterocycles. The van der Waals surface area contributed by atoms with E-state index in [1.54, 1.807) is 25.1 Å². The molecule has 7 nitrogen and oxygen atoms in total. The predicted octanol–water partition coefficient (Wildman–Crippen LogP) is 5.57. The van der Waals surface area contributed by atoms with Crippen LogP contribution < -0.4 is 5.32 Å². The Morgan fingerprint density at radius 1 is 1.15 bits per heavy atom. The topological polar surface area (TPSA) is 86.4 Å². The van der Waals surface area contributed by atoms with Gasteiger partial charge in [0, 0.05) is 5.02 Å². The van der Waals surface area contributed by atoms with E-state index in [0.717, 1.165) is 11.0 Å². The minimum atomic E-state index is -0.460. The molecule has 0 aliphatic heterocycles. The van der Waals surface area contributed by atoms with Crippen molar-refractivity contribution in [1.29, 1.82) is 0 Å². The van der Waals surface area contributed by atoms with Gasteiger partial charge < -0.3 is 19.0 Å². The molecule has 1 atom stereocenters. The third kappa shape index (κ3) is 4.60. The van der Waals surface area contributed by atoms with E-state index in [0.29, 0.717) is 40.0 Å². The van der Waals surface area contributed by atoms with Crippen molar-refractivity contribution in [3.8, 4) is 0 Å². The first-order chi connectivity index (χ1) is 15.8. The van der Waals surface area contributed by atoms with Crippen molar-refractivity contribution in [3.05, 3.63) is 87.0 Å². The Morgan fingerprint density at radius 3 is 2.64 bits per heavy atom. The first-order valence-corrected chi connectivity index (χ1v) is 10.9. The van der Waals surface area contributed by atoms with Crippen molar-refractivity contribution >= 4 is 46.1 Å². The highest BCUT2D eigenvalue weighted by Gasteiger charge is 2.22. The van der Waals surface area contributed by atoms with E-state index in [1.807, 2.05) is 35.8 Å². The van der Waals surface area contributed by atoms with E-state index in [2.05, 4.69) is 5.32 Å². The average Bonchev–Trinajstić information content (AvgIpc) is 3.33. The van der Waals surface area contributed by atoms with Crippen molar-refractivity contribution in [3.63, 3.8) is 0 Å². The van der Waals surface area contributed by atoms with Gasteiger partial charge in [0.2, 0.25) is 0 Å². The minimum Gasteiger partial charge on any atom is -0.465 e. The van der Waals surface area contributed by atoms with Crippen LogP contribution in [0.25, 0.3) is 11.0 Å². The second-order valence-electron chi connectivity index (χ2n) is 7.54. The molecule has 0 spiro atoms. The first kappa shape index (κ1) is 22.9. The lowest BCUT2D eigenvalue weighted by Gasteiger charge is -2.16. The number of fused-ring (bicyclic) bond motifs is 1. The Hall–Kier alpha value is -3.29. The van der Waals surface area contributed by atoms with Gasteiger partial charge in [-0.05, 0) is 50.2 Å². The lowest BCUT2D eigenvalue weighted by molar-refractivity contribution is 0.0598. The Morgan fingerprint density at radius 2 is 1.91 bits per heavy atom. The fourth-order valence-corrected chi connectivity index (χ4v) is 4.19. The number of carbonyl (C=O) groups is 2. The monoisotopic (exact) mass is 485 g/mol. The molecule has 33 heavy (non-hydrogen) atoms. The molecule has 1 amide bonds. The molecule has 0 bridgehead atoms. The number of furan rings is 1. The largest absolute Gasteiger partial charge is 0.465 e. The Kier molecular flexibility index (Phi) is 6.44. The highest BCUT2D eigenvalue weighted by molar-refractivity contribution is 6.36. The molecule has 0 unspecified atom stereocenters. The number of hydrogen-bond acceptors (Lipinski definition) is 5. The zero-order valence-electron chi connectivity index (χ0n) is 18.2. The summed E-state index contributed by atoms with van der Waals surface area (Å²) in [7, 11) is 1.33. The number of aromatic nitrogens is 2. The maximum absolute atomic E-state index is 12.9. The molecule has 2 aromatic carbocycles. The summed E-state index contributed by atoms with van der Waals surface area (Å²) in [6, 6.07) is 13.6. The molecule has 170 valence electrons. The van der Waals surface area contributed by atoms with Crippen LogP contribution in [-0.2, 0) is 11.3 Å². The number of rotatable bonds is 6. The predicted molar refractivity (Wildman–Crippen MR) is 126 cm³/mol. The third-order valence-electron chi connectivity index (χ3n) is 5.28. The van der Waals surface area contributed by atoms with Gasteiger partial charge in [-0.1, -0.05) is 35.3 Å². The molecule has 0 aliphatic rings. The van der Waals surface area contributed by atoms with Crippen LogP contribution in [0.2, 0.25) is 10.0 Å². The van der Waals surface area contributed by atoms with Crippen LogP contribution in [0.15, 0.2) is 52.9 Å². The van der Waals surface area contributed by atoms with E-state index in [-0.39, 0.29) is 10.9 Å². The van der Waals surface area contributed by atoms with Crippen LogP contribution in [0.1, 0.15) is 51.0 Å². The van der Waals surface area contributed by atoms with Gasteiger partial charge in [0.05, 0.1) is 41.3 Å². The van der Waals surface area contributed by atoms with Crippen LogP contribution in [0.3, 0.4) is 0 Å². The Balaban J connectivity index is 1.67. The molecule has 1 N–H and O–H groups in total. The van der Waals surface area contributed by atoms with Crippen molar-refractivity contribution in [1.82, 2.24) is 14.9 Å². The van der Waals surface area contributed by atoms with Crippen molar-refractivity contribution in [2.75, 3.05) is 7.11 Å². The number of amides is 1. The van der Waals surface area contributed by atoms with Gasteiger partial charge >= 0.3 is 5.97 Å². The zero-order chi connectivity index (χ0) is 23.7. The molecule has 0 saturated carbocycles. The van der Waals surface area contributed by atoms with E-state index in [9.17, 15) is 9.59 Å². The molecule has 2 aromatic heterocycles. The van der Waals surface area contributed by atoms with Crippen LogP contribution in [0, 0.1) is 6.92 Å². The molecule has 4 aromatic rings. The number of methoxy groups -OCH3 is 1. The number of hydrogen-bond donors (Lipinski definition) is 1. The number of imidazole rings is 1. The lowest BCUT2D eigenvalue weighted by atomic mass is 10.2. The molecule has 0 saturated heterocycles. The summed E-state index contributed by atoms with van der Waals surface area (Å²) in [4.78, 5) is 29.6. The number of para-hydroxylation sites is 2. The van der Waals surface area contributed by atoms with Gasteiger partial charge in [-0.15, -0.1) is 0 Å². The van der Waals surface area contributed by atoms with Crippen LogP contribution in [0.5, 0.6) is 0 Å². The average molecular weight is 486 g/mol. The molecular formula is C24H21Cl2N3O4. The van der Waals surface area contributed by atoms with Gasteiger partial charge in [0.1, 0.15) is 22.9 Å². The number of nitrogens with one attached hydrogen (secondary N) is 1.